The van der Waals surface area contributed by atoms with Crippen molar-refractivity contribution < 1.29 is 14.5 Å². The van der Waals surface area contributed by atoms with Crippen LogP contribution in [-0.4, -0.2) is 19.6 Å². The number of anilines is 1. The Balaban J connectivity index is 3.04. The molecule has 0 aromatic carbocycles. The zero-order valence-corrected chi connectivity index (χ0v) is 11.0. The average Bonchev–Trinajstić information content (AvgIpc) is 2.38. The van der Waals surface area contributed by atoms with Gasteiger partial charge in [-0.2, -0.15) is 5.26 Å². The predicted octanol–water partition coefficient (Wildman–Crippen LogP) is 1.68. The van der Waals surface area contributed by atoms with E-state index in [-0.39, 0.29) is 0 Å². The summed E-state index contributed by atoms with van der Waals surface area (Å²) in [5.74, 6) is 0.205. The fourth-order valence-corrected chi connectivity index (χ4v) is 1.59. The highest BCUT2D eigenvalue weighted by molar-refractivity contribution is 5.90. The lowest BCUT2D eigenvalue weighted by Crippen LogP contribution is -2.22. The number of unbranched alkanes of at least 4 members (excludes halogenated alkanes) is 1. The first-order valence-electron chi connectivity index (χ1n) is 5.93. The summed E-state index contributed by atoms with van der Waals surface area (Å²) in [6.07, 6.45) is 2.10. The number of pyridine rings is 1. The Bertz CT molecular complexity index is 478. The number of aromatic nitrogens is 1. The summed E-state index contributed by atoms with van der Waals surface area (Å²) in [6, 6.07) is 3.62. The second-order valence-electron chi connectivity index (χ2n) is 3.98. The molecule has 1 heterocycles. The van der Waals surface area contributed by atoms with Gasteiger partial charge in [-0.3, -0.25) is 5.32 Å². The third-order valence-electron chi connectivity index (χ3n) is 2.63. The molecule has 0 spiro atoms. The smallest absolute Gasteiger partial charge is 0.341 e. The van der Waals surface area contributed by atoms with Crippen molar-refractivity contribution in [3.63, 3.8) is 0 Å². The van der Waals surface area contributed by atoms with E-state index in [0.29, 0.717) is 22.6 Å². The SMILES string of the molecule is CCCCNc1[nH+]c(C)c(C(=O)OC)cc1C#N. The Hall–Kier alpha value is -2.09. The molecule has 0 atom stereocenters. The van der Waals surface area contributed by atoms with Gasteiger partial charge in [0.05, 0.1) is 13.7 Å². The van der Waals surface area contributed by atoms with Crippen molar-refractivity contribution in [2.75, 3.05) is 19.0 Å². The minimum absolute atomic E-state index is 0.384. The molecule has 0 aliphatic carbocycles. The fourth-order valence-electron chi connectivity index (χ4n) is 1.59. The predicted molar refractivity (Wildman–Crippen MR) is 67.2 cm³/mol. The van der Waals surface area contributed by atoms with Crippen molar-refractivity contribution in [2.24, 2.45) is 0 Å². The van der Waals surface area contributed by atoms with Crippen LogP contribution >= 0.6 is 0 Å². The Morgan fingerprint density at radius 3 is 2.89 bits per heavy atom. The topological polar surface area (TPSA) is 76.3 Å². The van der Waals surface area contributed by atoms with E-state index < -0.39 is 5.97 Å². The normalized spacial score (nSPS) is 9.67. The number of hydrogen-bond acceptors (Lipinski definition) is 4. The number of nitrogens with one attached hydrogen (secondary N) is 2. The first-order chi connectivity index (χ1) is 8.63. The van der Waals surface area contributed by atoms with E-state index in [0.717, 1.165) is 19.4 Å². The Kier molecular flexibility index (Phi) is 5.12. The maximum Gasteiger partial charge on any atom is 0.341 e. The van der Waals surface area contributed by atoms with Crippen LogP contribution < -0.4 is 10.3 Å². The van der Waals surface area contributed by atoms with Gasteiger partial charge in [-0.15, -0.1) is 0 Å². The van der Waals surface area contributed by atoms with Crippen molar-refractivity contribution >= 4 is 11.8 Å². The molecule has 18 heavy (non-hydrogen) atoms. The highest BCUT2D eigenvalue weighted by Crippen LogP contribution is 2.13. The summed E-state index contributed by atoms with van der Waals surface area (Å²) in [4.78, 5) is 14.5. The van der Waals surface area contributed by atoms with Crippen LogP contribution in [0.15, 0.2) is 6.07 Å². The standard InChI is InChI=1S/C13H17N3O2/c1-4-5-6-15-12-10(8-14)7-11(9(2)16-12)13(17)18-3/h7H,4-6H2,1-3H3,(H,15,16)/p+1. The van der Waals surface area contributed by atoms with Crippen LogP contribution in [0.3, 0.4) is 0 Å². The van der Waals surface area contributed by atoms with Crippen LogP contribution in [0.2, 0.25) is 0 Å². The molecule has 0 radical (unpaired) electrons. The van der Waals surface area contributed by atoms with Crippen LogP contribution in [0.4, 0.5) is 5.82 Å². The third-order valence-corrected chi connectivity index (χ3v) is 2.63. The molecule has 5 nitrogen and oxygen atoms in total. The Labute approximate surface area is 107 Å². The van der Waals surface area contributed by atoms with Gasteiger partial charge >= 0.3 is 5.97 Å². The van der Waals surface area contributed by atoms with Gasteiger partial charge in [-0.25, -0.2) is 9.78 Å². The van der Waals surface area contributed by atoms with Crippen LogP contribution in [0.5, 0.6) is 0 Å². The molecule has 1 rings (SSSR count). The van der Waals surface area contributed by atoms with Crippen molar-refractivity contribution in [3.05, 3.63) is 22.9 Å². The van der Waals surface area contributed by atoms with Crippen molar-refractivity contribution in [2.45, 2.75) is 26.7 Å². The van der Waals surface area contributed by atoms with Gasteiger partial charge in [0.25, 0.3) is 5.82 Å². The Morgan fingerprint density at radius 1 is 1.61 bits per heavy atom. The monoisotopic (exact) mass is 248 g/mol. The van der Waals surface area contributed by atoms with Crippen molar-refractivity contribution in [1.82, 2.24) is 0 Å². The van der Waals surface area contributed by atoms with Crippen LogP contribution in [0.1, 0.15) is 41.4 Å². The highest BCUT2D eigenvalue weighted by Gasteiger charge is 2.18. The average molecular weight is 248 g/mol. The molecular weight excluding hydrogens is 230 g/mol. The molecule has 0 fully saturated rings. The second kappa shape index (κ2) is 6.60. The number of rotatable bonds is 5. The summed E-state index contributed by atoms with van der Waals surface area (Å²) in [5.41, 5.74) is 1.48. The van der Waals surface area contributed by atoms with Crippen LogP contribution in [0, 0.1) is 18.3 Å². The molecular formula is C13H18N3O2+. The third kappa shape index (κ3) is 3.20. The lowest BCUT2D eigenvalue weighted by Gasteiger charge is -2.05. The van der Waals surface area contributed by atoms with Crippen LogP contribution in [-0.2, 0) is 4.74 Å². The van der Waals surface area contributed by atoms with Crippen molar-refractivity contribution in [3.8, 4) is 6.07 Å². The highest BCUT2D eigenvalue weighted by atomic mass is 16.5. The summed E-state index contributed by atoms with van der Waals surface area (Å²) in [5, 5.41) is 12.2. The fraction of sp³-hybridized carbons (Fsp3) is 0.462. The quantitative estimate of drug-likeness (QED) is 0.635. The number of nitrogens with zero attached hydrogens (tertiary/aromatic N) is 1. The van der Waals surface area contributed by atoms with Gasteiger partial charge in [0.2, 0.25) is 0 Å². The van der Waals surface area contributed by atoms with E-state index in [1.807, 2.05) is 0 Å². The van der Waals surface area contributed by atoms with E-state index >= 15 is 0 Å². The molecule has 0 bridgehead atoms. The molecule has 96 valence electrons. The van der Waals surface area contributed by atoms with Crippen LogP contribution in [0.25, 0.3) is 0 Å². The van der Waals surface area contributed by atoms with E-state index in [1.165, 1.54) is 7.11 Å². The Morgan fingerprint density at radius 2 is 2.33 bits per heavy atom. The van der Waals surface area contributed by atoms with Gasteiger partial charge < -0.3 is 4.74 Å². The maximum atomic E-state index is 11.5. The summed E-state index contributed by atoms with van der Waals surface area (Å²) >= 11 is 0. The zero-order chi connectivity index (χ0) is 13.5. The summed E-state index contributed by atoms with van der Waals surface area (Å²) < 4.78 is 4.67. The number of H-pyrrole nitrogens is 1. The number of aryl methyl sites for hydroxylation is 1. The molecule has 2 N–H and O–H groups in total. The van der Waals surface area contributed by atoms with E-state index in [1.54, 1.807) is 13.0 Å². The lowest BCUT2D eigenvalue weighted by molar-refractivity contribution is -0.371. The number of carbonyl (C=O) groups excluding carboxylic acids is 1. The second-order valence-corrected chi connectivity index (χ2v) is 3.98. The number of nitriles is 1. The minimum atomic E-state index is -0.444. The first-order valence-corrected chi connectivity index (χ1v) is 5.93. The molecule has 0 aliphatic rings. The molecule has 0 unspecified atom stereocenters. The molecule has 1 aromatic rings. The number of carbonyl (C=O) groups is 1. The lowest BCUT2D eigenvalue weighted by atomic mass is 10.1. The number of ether oxygens (including phenoxy) is 1. The first kappa shape index (κ1) is 14.0. The number of esters is 1. The molecule has 1 aromatic heterocycles. The maximum absolute atomic E-state index is 11.5. The minimum Gasteiger partial charge on any atom is -0.465 e. The number of hydrogen-bond donors (Lipinski definition) is 1. The zero-order valence-electron chi connectivity index (χ0n) is 11.0. The van der Waals surface area contributed by atoms with Crippen molar-refractivity contribution in [1.29, 1.82) is 5.26 Å². The molecule has 0 amide bonds. The molecule has 0 aliphatic heterocycles. The van der Waals surface area contributed by atoms with E-state index in [2.05, 4.69) is 28.0 Å². The number of methoxy groups -OCH3 is 1. The summed E-state index contributed by atoms with van der Waals surface area (Å²) in [7, 11) is 1.32. The molecule has 0 saturated carbocycles. The summed E-state index contributed by atoms with van der Waals surface area (Å²) in [6.45, 7) is 4.67. The van der Waals surface area contributed by atoms with Gasteiger partial charge in [-0.05, 0) is 19.4 Å². The van der Waals surface area contributed by atoms with E-state index in [9.17, 15) is 4.79 Å². The van der Waals surface area contributed by atoms with Gasteiger partial charge in [0.1, 0.15) is 22.9 Å². The van der Waals surface area contributed by atoms with E-state index in [4.69, 9.17) is 5.26 Å². The number of aromatic amines is 1. The van der Waals surface area contributed by atoms with Gasteiger partial charge in [-0.1, -0.05) is 13.3 Å². The van der Waals surface area contributed by atoms with Gasteiger partial charge in [0, 0.05) is 0 Å². The van der Waals surface area contributed by atoms with Gasteiger partial charge in [0.15, 0.2) is 0 Å². The molecule has 5 heteroatoms. The largest absolute Gasteiger partial charge is 0.465 e. The molecule has 0 saturated heterocycles.